The van der Waals surface area contributed by atoms with E-state index < -0.39 is 11.1 Å². The Morgan fingerprint density at radius 1 is 0.812 bits per heavy atom. The molecule has 0 radical (unpaired) electrons. The highest BCUT2D eigenvalue weighted by Crippen LogP contribution is 2.39. The number of Topliss-reactive ketones (excluding diaryl/α,β-unsaturated/α-hetero) is 1. The van der Waals surface area contributed by atoms with E-state index >= 15 is 0 Å². The summed E-state index contributed by atoms with van der Waals surface area (Å²) in [6, 6.07) is 30.4. The standard InChI is InChI=1S/C26H26N4O2/c1-20(31)19-32-25(2,3)24-27-29-30(28-24)26(21-13-7-4-8-14-21,22-15-9-5-10-16-22)23-17-11-6-12-18-23/h4-18H,19H2,1-3H3. The number of hydrogen-bond acceptors (Lipinski definition) is 5. The van der Waals surface area contributed by atoms with E-state index in [1.54, 1.807) is 4.80 Å². The molecule has 6 heteroatoms. The number of hydrogen-bond donors (Lipinski definition) is 0. The lowest BCUT2D eigenvalue weighted by molar-refractivity contribution is -0.128. The van der Waals surface area contributed by atoms with E-state index in [0.29, 0.717) is 5.82 Å². The number of ether oxygens (including phenoxy) is 1. The Labute approximate surface area is 187 Å². The molecular formula is C26H26N4O2. The molecule has 0 saturated carbocycles. The van der Waals surface area contributed by atoms with Crippen molar-refractivity contribution in [1.29, 1.82) is 0 Å². The average molecular weight is 427 g/mol. The van der Waals surface area contributed by atoms with Crippen LogP contribution in [0.25, 0.3) is 0 Å². The Morgan fingerprint density at radius 2 is 1.25 bits per heavy atom. The van der Waals surface area contributed by atoms with Crippen molar-refractivity contribution in [2.45, 2.75) is 31.9 Å². The van der Waals surface area contributed by atoms with Crippen LogP contribution in [0.5, 0.6) is 0 Å². The molecule has 0 aliphatic rings. The molecule has 1 heterocycles. The van der Waals surface area contributed by atoms with Gasteiger partial charge < -0.3 is 4.74 Å². The maximum atomic E-state index is 11.5. The molecule has 0 fully saturated rings. The summed E-state index contributed by atoms with van der Waals surface area (Å²) >= 11 is 0. The third-order valence-corrected chi connectivity index (χ3v) is 5.46. The molecule has 0 saturated heterocycles. The number of carbonyl (C=O) groups excluding carboxylic acids is 1. The number of carbonyl (C=O) groups is 1. The quantitative estimate of drug-likeness (QED) is 0.392. The SMILES string of the molecule is CC(=O)COC(C)(C)c1nnn(C(c2ccccc2)(c2ccccc2)c2ccccc2)n1. The zero-order valence-electron chi connectivity index (χ0n) is 18.5. The van der Waals surface area contributed by atoms with E-state index in [4.69, 9.17) is 9.84 Å². The van der Waals surface area contributed by atoms with Crippen molar-refractivity contribution in [3.63, 3.8) is 0 Å². The molecule has 4 rings (SSSR count). The summed E-state index contributed by atoms with van der Waals surface area (Å²) in [4.78, 5) is 13.1. The fraction of sp³-hybridized carbons (Fsp3) is 0.231. The Morgan fingerprint density at radius 3 is 1.66 bits per heavy atom. The largest absolute Gasteiger partial charge is 0.360 e. The van der Waals surface area contributed by atoms with Crippen LogP contribution in [0.3, 0.4) is 0 Å². The van der Waals surface area contributed by atoms with Gasteiger partial charge in [-0.3, -0.25) is 4.79 Å². The summed E-state index contributed by atoms with van der Waals surface area (Å²) in [5, 5.41) is 13.7. The molecule has 0 unspecified atom stereocenters. The number of aromatic nitrogens is 4. The fourth-order valence-electron chi connectivity index (χ4n) is 3.83. The molecule has 0 aliphatic carbocycles. The second-order valence-electron chi connectivity index (χ2n) is 8.21. The van der Waals surface area contributed by atoms with Crippen LogP contribution in [-0.2, 0) is 20.7 Å². The van der Waals surface area contributed by atoms with Gasteiger partial charge in [-0.2, -0.15) is 0 Å². The molecular weight excluding hydrogens is 400 g/mol. The smallest absolute Gasteiger partial charge is 0.206 e. The third kappa shape index (κ3) is 3.97. The molecule has 0 aliphatic heterocycles. The molecule has 0 atom stereocenters. The second-order valence-corrected chi connectivity index (χ2v) is 8.21. The van der Waals surface area contributed by atoms with Gasteiger partial charge in [0.25, 0.3) is 0 Å². The van der Waals surface area contributed by atoms with Gasteiger partial charge in [-0.15, -0.1) is 15.0 Å². The van der Waals surface area contributed by atoms with Crippen molar-refractivity contribution in [2.24, 2.45) is 0 Å². The molecule has 0 amide bonds. The van der Waals surface area contributed by atoms with Gasteiger partial charge >= 0.3 is 0 Å². The average Bonchev–Trinajstić information content (AvgIpc) is 3.32. The highest BCUT2D eigenvalue weighted by molar-refractivity contribution is 5.76. The van der Waals surface area contributed by atoms with E-state index in [-0.39, 0.29) is 12.4 Å². The predicted molar refractivity (Wildman–Crippen MR) is 122 cm³/mol. The number of rotatable bonds is 8. The van der Waals surface area contributed by atoms with Crippen LogP contribution in [0.15, 0.2) is 91.0 Å². The van der Waals surface area contributed by atoms with Crippen molar-refractivity contribution in [3.05, 3.63) is 114 Å². The third-order valence-electron chi connectivity index (χ3n) is 5.46. The van der Waals surface area contributed by atoms with Crippen molar-refractivity contribution in [1.82, 2.24) is 20.2 Å². The molecule has 0 bridgehead atoms. The molecule has 162 valence electrons. The first-order chi connectivity index (χ1) is 15.4. The lowest BCUT2D eigenvalue weighted by atomic mass is 9.77. The van der Waals surface area contributed by atoms with Crippen LogP contribution in [0.2, 0.25) is 0 Å². The molecule has 3 aromatic carbocycles. The van der Waals surface area contributed by atoms with Gasteiger partial charge in [0.2, 0.25) is 5.82 Å². The van der Waals surface area contributed by atoms with E-state index in [0.717, 1.165) is 16.7 Å². The first-order valence-corrected chi connectivity index (χ1v) is 10.6. The van der Waals surface area contributed by atoms with Crippen LogP contribution >= 0.6 is 0 Å². The van der Waals surface area contributed by atoms with Crippen LogP contribution in [0.1, 0.15) is 43.3 Å². The zero-order chi connectivity index (χ0) is 22.6. The van der Waals surface area contributed by atoms with E-state index in [1.807, 2.05) is 68.4 Å². The summed E-state index contributed by atoms with van der Waals surface area (Å²) in [6.45, 7) is 5.16. The number of nitrogens with zero attached hydrogens (tertiary/aromatic N) is 4. The summed E-state index contributed by atoms with van der Waals surface area (Å²) in [5.74, 6) is 0.351. The minimum Gasteiger partial charge on any atom is -0.360 e. The zero-order valence-corrected chi connectivity index (χ0v) is 18.5. The topological polar surface area (TPSA) is 69.9 Å². The highest BCUT2D eigenvalue weighted by atomic mass is 16.5. The highest BCUT2D eigenvalue weighted by Gasteiger charge is 2.42. The fourth-order valence-corrected chi connectivity index (χ4v) is 3.83. The van der Waals surface area contributed by atoms with Crippen LogP contribution < -0.4 is 0 Å². The Balaban J connectivity index is 1.96. The second kappa shape index (κ2) is 8.85. The van der Waals surface area contributed by atoms with Crippen LogP contribution in [0, 0.1) is 0 Å². The molecule has 0 N–H and O–H groups in total. The molecule has 0 spiro atoms. The molecule has 32 heavy (non-hydrogen) atoms. The Hall–Kier alpha value is -3.64. The summed E-state index contributed by atoms with van der Waals surface area (Å²) in [6.07, 6.45) is 0. The first kappa shape index (κ1) is 21.6. The van der Waals surface area contributed by atoms with Gasteiger partial charge in [0, 0.05) is 0 Å². The van der Waals surface area contributed by atoms with Crippen LogP contribution in [0.4, 0.5) is 0 Å². The minimum absolute atomic E-state index is 0.0112. The summed E-state index contributed by atoms with van der Waals surface area (Å²) in [7, 11) is 0. The van der Waals surface area contributed by atoms with Gasteiger partial charge in [-0.1, -0.05) is 91.0 Å². The van der Waals surface area contributed by atoms with Gasteiger partial charge in [-0.05, 0) is 42.7 Å². The Bertz CT molecular complexity index is 1080. The molecule has 6 nitrogen and oxygen atoms in total. The molecule has 1 aromatic heterocycles. The van der Waals surface area contributed by atoms with Gasteiger partial charge in [0.15, 0.2) is 11.3 Å². The van der Waals surface area contributed by atoms with Gasteiger partial charge in [0.05, 0.1) is 0 Å². The van der Waals surface area contributed by atoms with E-state index in [9.17, 15) is 4.79 Å². The first-order valence-electron chi connectivity index (χ1n) is 10.6. The van der Waals surface area contributed by atoms with Crippen molar-refractivity contribution in [3.8, 4) is 0 Å². The number of ketones is 1. The number of benzene rings is 3. The van der Waals surface area contributed by atoms with Gasteiger partial charge in [0.1, 0.15) is 12.2 Å². The number of tetrazole rings is 1. The van der Waals surface area contributed by atoms with E-state index in [1.165, 1.54) is 6.92 Å². The van der Waals surface area contributed by atoms with Crippen molar-refractivity contribution >= 4 is 5.78 Å². The van der Waals surface area contributed by atoms with Crippen molar-refractivity contribution in [2.75, 3.05) is 6.61 Å². The maximum absolute atomic E-state index is 11.5. The van der Waals surface area contributed by atoms with Crippen molar-refractivity contribution < 1.29 is 9.53 Å². The predicted octanol–water partition coefficient (Wildman–Crippen LogP) is 4.35. The Kier molecular flexibility index (Phi) is 5.97. The summed E-state index contributed by atoms with van der Waals surface area (Å²) < 4.78 is 5.79. The van der Waals surface area contributed by atoms with Gasteiger partial charge in [-0.25, -0.2) is 0 Å². The van der Waals surface area contributed by atoms with Crippen LogP contribution in [-0.4, -0.2) is 32.6 Å². The molecule has 4 aromatic rings. The lowest BCUT2D eigenvalue weighted by Gasteiger charge is -2.34. The summed E-state index contributed by atoms with van der Waals surface area (Å²) in [5.41, 5.74) is 1.29. The van der Waals surface area contributed by atoms with E-state index in [2.05, 4.69) is 46.7 Å². The monoisotopic (exact) mass is 426 g/mol. The lowest BCUT2D eigenvalue weighted by Crippen LogP contribution is -2.40. The minimum atomic E-state index is -0.875. The maximum Gasteiger partial charge on any atom is 0.206 e. The normalized spacial score (nSPS) is 12.0.